The van der Waals surface area contributed by atoms with Gasteiger partial charge in [0.2, 0.25) is 5.91 Å². The van der Waals surface area contributed by atoms with E-state index in [9.17, 15) is 4.79 Å². The predicted molar refractivity (Wildman–Crippen MR) is 83.9 cm³/mol. The molecule has 0 radical (unpaired) electrons. The van der Waals surface area contributed by atoms with E-state index in [1.165, 1.54) is 18.5 Å². The molecule has 4 nitrogen and oxygen atoms in total. The molecular weight excluding hydrogens is 250 g/mol. The van der Waals surface area contributed by atoms with E-state index in [2.05, 4.69) is 22.3 Å². The number of benzene rings is 1. The molecule has 1 fully saturated rings. The number of anilines is 2. The molecule has 1 aliphatic rings. The standard InChI is InChI=1S/C16H25N3O/c1-12(2)15(11-17)16(20)18-13-5-7-14(8-6-13)19-9-3-4-10-19/h5-8,12,15H,3-4,9-11,17H2,1-2H3,(H,18,20). The fourth-order valence-corrected chi connectivity index (χ4v) is 2.65. The number of nitrogens with two attached hydrogens (primary N) is 1. The summed E-state index contributed by atoms with van der Waals surface area (Å²) in [5, 5.41) is 2.95. The number of hydrogen-bond acceptors (Lipinski definition) is 3. The number of rotatable bonds is 5. The zero-order valence-corrected chi connectivity index (χ0v) is 12.4. The summed E-state index contributed by atoms with van der Waals surface area (Å²) in [7, 11) is 0. The van der Waals surface area contributed by atoms with E-state index in [1.807, 2.05) is 26.0 Å². The third-order valence-corrected chi connectivity index (χ3v) is 4.00. The molecule has 0 saturated carbocycles. The Morgan fingerprint density at radius 1 is 1.25 bits per heavy atom. The largest absolute Gasteiger partial charge is 0.372 e. The summed E-state index contributed by atoms with van der Waals surface area (Å²) in [4.78, 5) is 14.5. The first-order valence-corrected chi connectivity index (χ1v) is 7.47. The molecule has 3 N–H and O–H groups in total. The molecule has 1 heterocycles. The molecule has 1 saturated heterocycles. The number of nitrogens with zero attached hydrogens (tertiary/aromatic N) is 1. The van der Waals surface area contributed by atoms with Crippen LogP contribution in [0.25, 0.3) is 0 Å². The van der Waals surface area contributed by atoms with E-state index in [-0.39, 0.29) is 17.7 Å². The highest BCUT2D eigenvalue weighted by Gasteiger charge is 2.20. The molecule has 0 aliphatic carbocycles. The third-order valence-electron chi connectivity index (χ3n) is 4.00. The van der Waals surface area contributed by atoms with Crippen LogP contribution in [0.3, 0.4) is 0 Å². The summed E-state index contributed by atoms with van der Waals surface area (Å²) in [6.45, 7) is 6.69. The smallest absolute Gasteiger partial charge is 0.229 e. The number of carbonyl (C=O) groups is 1. The third kappa shape index (κ3) is 3.51. The highest BCUT2D eigenvalue weighted by molar-refractivity contribution is 5.93. The summed E-state index contributed by atoms with van der Waals surface area (Å²) >= 11 is 0. The van der Waals surface area contributed by atoms with E-state index in [1.54, 1.807) is 0 Å². The van der Waals surface area contributed by atoms with Crippen LogP contribution in [0.15, 0.2) is 24.3 Å². The van der Waals surface area contributed by atoms with Gasteiger partial charge < -0.3 is 16.0 Å². The van der Waals surface area contributed by atoms with Crippen LogP contribution in [0.1, 0.15) is 26.7 Å². The van der Waals surface area contributed by atoms with Gasteiger partial charge in [0.1, 0.15) is 0 Å². The molecule has 0 spiro atoms. The van der Waals surface area contributed by atoms with Crippen molar-refractivity contribution in [3.8, 4) is 0 Å². The molecule has 110 valence electrons. The van der Waals surface area contributed by atoms with Crippen molar-refractivity contribution in [2.75, 3.05) is 29.9 Å². The monoisotopic (exact) mass is 275 g/mol. The van der Waals surface area contributed by atoms with Crippen LogP contribution in [-0.2, 0) is 4.79 Å². The Bertz CT molecular complexity index is 436. The van der Waals surface area contributed by atoms with E-state index in [0.29, 0.717) is 6.54 Å². The van der Waals surface area contributed by atoms with Crippen molar-refractivity contribution < 1.29 is 4.79 Å². The summed E-state index contributed by atoms with van der Waals surface area (Å²) < 4.78 is 0. The zero-order valence-electron chi connectivity index (χ0n) is 12.4. The second-order valence-corrected chi connectivity index (χ2v) is 5.82. The molecule has 1 atom stereocenters. The van der Waals surface area contributed by atoms with Gasteiger partial charge in [-0.25, -0.2) is 0 Å². The van der Waals surface area contributed by atoms with E-state index >= 15 is 0 Å². The van der Waals surface area contributed by atoms with Gasteiger partial charge in [0.25, 0.3) is 0 Å². The molecule has 4 heteroatoms. The minimum absolute atomic E-state index is 0.0106. The van der Waals surface area contributed by atoms with Crippen molar-refractivity contribution in [1.29, 1.82) is 0 Å². The average Bonchev–Trinajstić information content (AvgIpc) is 2.94. The molecule has 1 unspecified atom stereocenters. The van der Waals surface area contributed by atoms with Crippen LogP contribution in [0.4, 0.5) is 11.4 Å². The number of hydrogen-bond donors (Lipinski definition) is 2. The summed E-state index contributed by atoms with van der Waals surface area (Å²) in [5.74, 6) is 0.133. The fourth-order valence-electron chi connectivity index (χ4n) is 2.65. The molecule has 0 aromatic heterocycles. The number of nitrogens with one attached hydrogen (secondary N) is 1. The highest BCUT2D eigenvalue weighted by atomic mass is 16.1. The Labute approximate surface area is 121 Å². The zero-order chi connectivity index (χ0) is 14.5. The van der Waals surface area contributed by atoms with Gasteiger partial charge in [0.05, 0.1) is 5.92 Å². The normalized spacial score (nSPS) is 16.5. The van der Waals surface area contributed by atoms with Gasteiger partial charge in [-0.3, -0.25) is 4.79 Å². The SMILES string of the molecule is CC(C)C(CN)C(=O)Nc1ccc(N2CCCC2)cc1. The molecular formula is C16H25N3O. The molecule has 0 bridgehead atoms. The molecule has 1 aliphatic heterocycles. The van der Waals surface area contributed by atoms with E-state index in [0.717, 1.165) is 18.8 Å². The van der Waals surface area contributed by atoms with Gasteiger partial charge in [-0.05, 0) is 43.0 Å². The van der Waals surface area contributed by atoms with Crippen molar-refractivity contribution in [3.05, 3.63) is 24.3 Å². The Balaban J connectivity index is 1.97. The minimum atomic E-state index is -0.131. The quantitative estimate of drug-likeness (QED) is 0.868. The van der Waals surface area contributed by atoms with Crippen molar-refractivity contribution in [1.82, 2.24) is 0 Å². The lowest BCUT2D eigenvalue weighted by Gasteiger charge is -2.20. The van der Waals surface area contributed by atoms with Gasteiger partial charge in [0.15, 0.2) is 0 Å². The van der Waals surface area contributed by atoms with Gasteiger partial charge in [-0.15, -0.1) is 0 Å². The lowest BCUT2D eigenvalue weighted by molar-refractivity contribution is -0.120. The predicted octanol–water partition coefficient (Wildman–Crippen LogP) is 2.46. The summed E-state index contributed by atoms with van der Waals surface area (Å²) in [5.41, 5.74) is 7.75. The summed E-state index contributed by atoms with van der Waals surface area (Å²) in [6, 6.07) is 8.10. The second kappa shape index (κ2) is 6.75. The van der Waals surface area contributed by atoms with Gasteiger partial charge in [-0.1, -0.05) is 13.8 Å². The van der Waals surface area contributed by atoms with Crippen LogP contribution in [0.2, 0.25) is 0 Å². The second-order valence-electron chi connectivity index (χ2n) is 5.82. The first-order valence-electron chi connectivity index (χ1n) is 7.47. The van der Waals surface area contributed by atoms with Crippen molar-refractivity contribution in [2.24, 2.45) is 17.6 Å². The first-order chi connectivity index (χ1) is 9.61. The van der Waals surface area contributed by atoms with Crippen LogP contribution in [0, 0.1) is 11.8 Å². The molecule has 20 heavy (non-hydrogen) atoms. The van der Waals surface area contributed by atoms with Crippen LogP contribution >= 0.6 is 0 Å². The Morgan fingerprint density at radius 3 is 2.35 bits per heavy atom. The Morgan fingerprint density at radius 2 is 1.85 bits per heavy atom. The van der Waals surface area contributed by atoms with Crippen LogP contribution in [-0.4, -0.2) is 25.5 Å². The molecule has 2 rings (SSSR count). The maximum atomic E-state index is 12.1. The van der Waals surface area contributed by atoms with Crippen molar-refractivity contribution in [2.45, 2.75) is 26.7 Å². The topological polar surface area (TPSA) is 58.4 Å². The first kappa shape index (κ1) is 14.9. The van der Waals surface area contributed by atoms with Gasteiger partial charge in [0, 0.05) is 31.0 Å². The lowest BCUT2D eigenvalue weighted by atomic mass is 9.95. The fraction of sp³-hybridized carbons (Fsp3) is 0.562. The Kier molecular flexibility index (Phi) is 5.01. The molecule has 1 amide bonds. The van der Waals surface area contributed by atoms with Crippen LogP contribution < -0.4 is 16.0 Å². The van der Waals surface area contributed by atoms with E-state index < -0.39 is 0 Å². The van der Waals surface area contributed by atoms with Crippen molar-refractivity contribution >= 4 is 17.3 Å². The number of amides is 1. The minimum Gasteiger partial charge on any atom is -0.372 e. The maximum absolute atomic E-state index is 12.1. The van der Waals surface area contributed by atoms with Crippen molar-refractivity contribution in [3.63, 3.8) is 0 Å². The van der Waals surface area contributed by atoms with Crippen LogP contribution in [0.5, 0.6) is 0 Å². The molecule has 1 aromatic carbocycles. The van der Waals surface area contributed by atoms with Gasteiger partial charge in [-0.2, -0.15) is 0 Å². The number of carbonyl (C=O) groups excluding carboxylic acids is 1. The van der Waals surface area contributed by atoms with Gasteiger partial charge >= 0.3 is 0 Å². The average molecular weight is 275 g/mol. The molecule has 1 aromatic rings. The summed E-state index contributed by atoms with van der Waals surface area (Å²) in [6.07, 6.45) is 2.54. The highest BCUT2D eigenvalue weighted by Crippen LogP contribution is 2.22. The maximum Gasteiger partial charge on any atom is 0.229 e. The lowest BCUT2D eigenvalue weighted by Crippen LogP contribution is -2.33. The Hall–Kier alpha value is -1.55. The van der Waals surface area contributed by atoms with E-state index in [4.69, 9.17) is 5.73 Å².